The molecular weight excluding hydrogens is 314 g/mol. The Morgan fingerprint density at radius 1 is 1.12 bits per heavy atom. The first-order valence-electron chi connectivity index (χ1n) is 8.74. The zero-order valence-corrected chi connectivity index (χ0v) is 15.7. The van der Waals surface area contributed by atoms with Crippen LogP contribution >= 0.6 is 0 Å². The first-order valence-corrected chi connectivity index (χ1v) is 8.74. The molecule has 0 atom stereocenters. The molecule has 0 aliphatic heterocycles. The Balaban J connectivity index is 2.56. The number of terminal acetylenes is 1. The molecular formula is C20H29N3O2. The maximum absolute atomic E-state index is 12.2. The molecule has 0 radical (unpaired) electrons. The van der Waals surface area contributed by atoms with Crippen molar-refractivity contribution in [1.82, 2.24) is 10.2 Å². The summed E-state index contributed by atoms with van der Waals surface area (Å²) in [5.74, 6) is 2.35. The minimum atomic E-state index is -0.611. The minimum Gasteiger partial charge on any atom is -0.339 e. The molecule has 0 heterocycles. The highest BCUT2D eigenvalue weighted by Crippen LogP contribution is 2.15. The molecule has 0 fully saturated rings. The molecule has 0 aromatic heterocycles. The van der Waals surface area contributed by atoms with E-state index in [2.05, 4.69) is 16.6 Å². The summed E-state index contributed by atoms with van der Waals surface area (Å²) in [7, 11) is 1.74. The quantitative estimate of drug-likeness (QED) is 0.677. The molecule has 25 heavy (non-hydrogen) atoms. The Morgan fingerprint density at radius 2 is 1.72 bits per heavy atom. The van der Waals surface area contributed by atoms with Gasteiger partial charge in [-0.15, -0.1) is 6.42 Å². The first-order chi connectivity index (χ1) is 11.9. The van der Waals surface area contributed by atoms with Gasteiger partial charge in [-0.25, -0.2) is 0 Å². The van der Waals surface area contributed by atoms with Crippen LogP contribution in [0.4, 0.5) is 5.69 Å². The second-order valence-corrected chi connectivity index (χ2v) is 6.21. The molecule has 136 valence electrons. The van der Waals surface area contributed by atoms with Gasteiger partial charge in [-0.2, -0.15) is 0 Å². The van der Waals surface area contributed by atoms with E-state index in [-0.39, 0.29) is 24.9 Å². The Hall–Kier alpha value is -2.32. The SMILES string of the molecule is C#CC(CC)(CC)NC(=O)CN(C)CC(=O)Nc1ccccc1CC. The summed E-state index contributed by atoms with van der Waals surface area (Å²) in [6.45, 7) is 6.19. The molecule has 1 rings (SSSR count). The van der Waals surface area contributed by atoms with Gasteiger partial charge in [0.2, 0.25) is 11.8 Å². The third-order valence-electron chi connectivity index (χ3n) is 4.36. The predicted octanol–water partition coefficient (Wildman–Crippen LogP) is 2.43. The lowest BCUT2D eigenvalue weighted by molar-refractivity contribution is -0.124. The highest BCUT2D eigenvalue weighted by molar-refractivity contribution is 5.93. The minimum absolute atomic E-state index is 0.117. The monoisotopic (exact) mass is 343 g/mol. The van der Waals surface area contributed by atoms with Crippen molar-refractivity contribution >= 4 is 17.5 Å². The van der Waals surface area contributed by atoms with Gasteiger partial charge in [-0.3, -0.25) is 14.5 Å². The standard InChI is InChI=1S/C20H29N3O2/c1-6-16-12-10-11-13-17(16)21-18(24)14-23(5)15-19(25)22-20(7-2,8-3)9-4/h2,10-13H,6,8-9,14-15H2,1,3-5H3,(H,21,24)(H,22,25). The number of para-hydroxylation sites is 1. The molecule has 0 aliphatic rings. The fourth-order valence-electron chi connectivity index (χ4n) is 2.66. The maximum Gasteiger partial charge on any atom is 0.238 e. The van der Waals surface area contributed by atoms with Gasteiger partial charge in [0.25, 0.3) is 0 Å². The molecule has 0 spiro atoms. The topological polar surface area (TPSA) is 61.4 Å². The van der Waals surface area contributed by atoms with Crippen LogP contribution in [0.2, 0.25) is 0 Å². The Kier molecular flexibility index (Phi) is 8.17. The number of nitrogens with zero attached hydrogens (tertiary/aromatic N) is 1. The molecule has 2 amide bonds. The third kappa shape index (κ3) is 6.24. The Morgan fingerprint density at radius 3 is 2.28 bits per heavy atom. The van der Waals surface area contributed by atoms with Crippen LogP contribution in [0.1, 0.15) is 39.2 Å². The normalized spacial score (nSPS) is 11.0. The summed E-state index contributed by atoms with van der Waals surface area (Å²) in [5, 5.41) is 5.81. The summed E-state index contributed by atoms with van der Waals surface area (Å²) < 4.78 is 0. The van der Waals surface area contributed by atoms with Crippen LogP contribution in [-0.4, -0.2) is 42.4 Å². The van der Waals surface area contributed by atoms with Crippen molar-refractivity contribution in [3.8, 4) is 12.3 Å². The van der Waals surface area contributed by atoms with Crippen LogP contribution in [0.3, 0.4) is 0 Å². The average molecular weight is 343 g/mol. The zero-order chi connectivity index (χ0) is 18.9. The van der Waals surface area contributed by atoms with Crippen LogP contribution in [0, 0.1) is 12.3 Å². The van der Waals surface area contributed by atoms with Crippen molar-refractivity contribution in [2.24, 2.45) is 0 Å². The molecule has 1 aromatic rings. The van der Waals surface area contributed by atoms with Gasteiger partial charge in [0.1, 0.15) is 5.54 Å². The lowest BCUT2D eigenvalue weighted by Gasteiger charge is -2.28. The molecule has 1 aromatic carbocycles. The lowest BCUT2D eigenvalue weighted by atomic mass is 9.94. The molecule has 0 unspecified atom stereocenters. The number of aryl methyl sites for hydroxylation is 1. The number of rotatable bonds is 9. The van der Waals surface area contributed by atoms with E-state index in [1.165, 1.54) is 0 Å². The second kappa shape index (κ2) is 9.85. The van der Waals surface area contributed by atoms with E-state index in [0.29, 0.717) is 12.8 Å². The van der Waals surface area contributed by atoms with Crippen LogP contribution in [-0.2, 0) is 16.0 Å². The van der Waals surface area contributed by atoms with Crippen LogP contribution in [0.5, 0.6) is 0 Å². The number of carbonyl (C=O) groups is 2. The van der Waals surface area contributed by atoms with Gasteiger partial charge in [0.05, 0.1) is 13.1 Å². The van der Waals surface area contributed by atoms with Crippen LogP contribution in [0.25, 0.3) is 0 Å². The van der Waals surface area contributed by atoms with E-state index in [9.17, 15) is 9.59 Å². The predicted molar refractivity (Wildman–Crippen MR) is 102 cm³/mol. The van der Waals surface area contributed by atoms with Gasteiger partial charge in [-0.05, 0) is 37.9 Å². The molecule has 0 bridgehead atoms. The van der Waals surface area contributed by atoms with Gasteiger partial charge in [0, 0.05) is 5.69 Å². The van der Waals surface area contributed by atoms with Crippen molar-refractivity contribution in [3.63, 3.8) is 0 Å². The maximum atomic E-state index is 12.2. The van der Waals surface area contributed by atoms with Crippen molar-refractivity contribution in [3.05, 3.63) is 29.8 Å². The van der Waals surface area contributed by atoms with E-state index in [1.54, 1.807) is 11.9 Å². The van der Waals surface area contributed by atoms with E-state index < -0.39 is 5.54 Å². The second-order valence-electron chi connectivity index (χ2n) is 6.21. The van der Waals surface area contributed by atoms with E-state index in [1.807, 2.05) is 45.0 Å². The molecule has 0 saturated carbocycles. The summed E-state index contributed by atoms with van der Waals surface area (Å²) in [6, 6.07) is 7.71. The highest BCUT2D eigenvalue weighted by Gasteiger charge is 2.25. The van der Waals surface area contributed by atoms with E-state index in [0.717, 1.165) is 17.7 Å². The van der Waals surface area contributed by atoms with Gasteiger partial charge >= 0.3 is 0 Å². The number of likely N-dealkylation sites (N-methyl/N-ethyl adjacent to an activating group) is 1. The number of hydrogen-bond acceptors (Lipinski definition) is 3. The fourth-order valence-corrected chi connectivity index (χ4v) is 2.66. The zero-order valence-electron chi connectivity index (χ0n) is 15.7. The van der Waals surface area contributed by atoms with Gasteiger partial charge < -0.3 is 10.6 Å². The molecule has 0 saturated heterocycles. The third-order valence-corrected chi connectivity index (χ3v) is 4.36. The fraction of sp³-hybridized carbons (Fsp3) is 0.500. The number of benzene rings is 1. The summed E-state index contributed by atoms with van der Waals surface area (Å²) in [5.41, 5.74) is 1.29. The molecule has 5 nitrogen and oxygen atoms in total. The Bertz CT molecular complexity index is 630. The highest BCUT2D eigenvalue weighted by atomic mass is 16.2. The van der Waals surface area contributed by atoms with Gasteiger partial charge in [0.15, 0.2) is 0 Å². The Labute approximate surface area is 151 Å². The summed E-state index contributed by atoms with van der Waals surface area (Å²) in [6.07, 6.45) is 7.74. The molecule has 2 N–H and O–H groups in total. The summed E-state index contributed by atoms with van der Waals surface area (Å²) >= 11 is 0. The van der Waals surface area contributed by atoms with Crippen molar-refractivity contribution in [1.29, 1.82) is 0 Å². The van der Waals surface area contributed by atoms with E-state index >= 15 is 0 Å². The first kappa shape index (κ1) is 20.7. The smallest absolute Gasteiger partial charge is 0.238 e. The van der Waals surface area contributed by atoms with Crippen molar-refractivity contribution < 1.29 is 9.59 Å². The lowest BCUT2D eigenvalue weighted by Crippen LogP contribution is -2.50. The van der Waals surface area contributed by atoms with Crippen molar-refractivity contribution in [2.45, 2.75) is 45.6 Å². The number of amides is 2. The van der Waals surface area contributed by atoms with Gasteiger partial charge in [-0.1, -0.05) is 44.9 Å². The summed E-state index contributed by atoms with van der Waals surface area (Å²) in [4.78, 5) is 26.1. The molecule has 0 aliphatic carbocycles. The number of anilines is 1. The van der Waals surface area contributed by atoms with Crippen LogP contribution in [0.15, 0.2) is 24.3 Å². The average Bonchev–Trinajstić information content (AvgIpc) is 2.60. The number of nitrogens with one attached hydrogen (secondary N) is 2. The van der Waals surface area contributed by atoms with Crippen molar-refractivity contribution in [2.75, 3.05) is 25.5 Å². The molecule has 5 heteroatoms. The largest absolute Gasteiger partial charge is 0.339 e. The number of carbonyl (C=O) groups excluding carboxylic acids is 2. The van der Waals surface area contributed by atoms with Crippen LogP contribution < -0.4 is 10.6 Å². The number of hydrogen-bond donors (Lipinski definition) is 2. The van der Waals surface area contributed by atoms with E-state index in [4.69, 9.17) is 6.42 Å².